The van der Waals surface area contributed by atoms with Gasteiger partial charge in [-0.2, -0.15) is 0 Å². The van der Waals surface area contributed by atoms with Crippen molar-refractivity contribution in [2.24, 2.45) is 11.8 Å². The molecular formula is C15H21BrFN. The largest absolute Gasteiger partial charge is 0.319 e. The standard InChI is InChI=1S/C15H21BrFN/c1-18-10-13(11-4-2-3-5-11)8-12-6-7-14(17)9-15(12)16/h6-7,9,11,13,18H,2-5,8,10H2,1H3. The second kappa shape index (κ2) is 6.67. The zero-order valence-electron chi connectivity index (χ0n) is 10.9. The first-order chi connectivity index (χ1) is 8.70. The van der Waals surface area contributed by atoms with Crippen LogP contribution in [0.2, 0.25) is 0 Å². The molecule has 0 bridgehead atoms. The summed E-state index contributed by atoms with van der Waals surface area (Å²) >= 11 is 3.47. The van der Waals surface area contributed by atoms with E-state index in [0.29, 0.717) is 5.92 Å². The van der Waals surface area contributed by atoms with Gasteiger partial charge in [-0.1, -0.05) is 47.7 Å². The molecule has 1 aliphatic rings. The Morgan fingerprint density at radius 3 is 2.72 bits per heavy atom. The van der Waals surface area contributed by atoms with Gasteiger partial charge in [0.1, 0.15) is 5.82 Å². The fraction of sp³-hybridized carbons (Fsp3) is 0.600. The second-order valence-electron chi connectivity index (χ2n) is 5.30. The monoisotopic (exact) mass is 313 g/mol. The number of hydrogen-bond acceptors (Lipinski definition) is 1. The van der Waals surface area contributed by atoms with E-state index in [4.69, 9.17) is 0 Å². The third-order valence-electron chi connectivity index (χ3n) is 4.03. The molecule has 0 heterocycles. The van der Waals surface area contributed by atoms with Gasteiger partial charge in [-0.15, -0.1) is 0 Å². The molecule has 1 aromatic rings. The molecule has 1 unspecified atom stereocenters. The molecule has 1 fully saturated rings. The van der Waals surface area contributed by atoms with Crippen molar-refractivity contribution < 1.29 is 4.39 Å². The lowest BCUT2D eigenvalue weighted by atomic mass is 9.85. The first-order valence-electron chi connectivity index (χ1n) is 6.79. The van der Waals surface area contributed by atoms with Crippen molar-refractivity contribution in [1.82, 2.24) is 5.32 Å². The fourth-order valence-electron chi connectivity index (χ4n) is 3.07. The first kappa shape index (κ1) is 14.0. The molecule has 0 aliphatic heterocycles. The van der Waals surface area contributed by atoms with Crippen LogP contribution in [0, 0.1) is 17.7 Å². The highest BCUT2D eigenvalue weighted by atomic mass is 79.9. The van der Waals surface area contributed by atoms with E-state index in [1.165, 1.54) is 31.2 Å². The Morgan fingerprint density at radius 1 is 1.39 bits per heavy atom. The van der Waals surface area contributed by atoms with E-state index < -0.39 is 0 Å². The van der Waals surface area contributed by atoms with E-state index in [9.17, 15) is 4.39 Å². The number of benzene rings is 1. The SMILES string of the molecule is CNCC(Cc1ccc(F)cc1Br)C1CCCC1. The summed E-state index contributed by atoms with van der Waals surface area (Å²) < 4.78 is 14.0. The Kier molecular flexibility index (Phi) is 5.19. The van der Waals surface area contributed by atoms with E-state index in [1.54, 1.807) is 12.1 Å². The molecule has 3 heteroatoms. The molecule has 0 spiro atoms. The van der Waals surface area contributed by atoms with Crippen LogP contribution in [0.1, 0.15) is 31.2 Å². The number of rotatable bonds is 5. The molecule has 1 aliphatic carbocycles. The van der Waals surface area contributed by atoms with Crippen molar-refractivity contribution in [2.75, 3.05) is 13.6 Å². The van der Waals surface area contributed by atoms with E-state index >= 15 is 0 Å². The van der Waals surface area contributed by atoms with Crippen LogP contribution in [0.4, 0.5) is 4.39 Å². The highest BCUT2D eigenvalue weighted by molar-refractivity contribution is 9.10. The summed E-state index contributed by atoms with van der Waals surface area (Å²) in [5.41, 5.74) is 1.23. The van der Waals surface area contributed by atoms with Gasteiger partial charge in [0, 0.05) is 4.47 Å². The lowest BCUT2D eigenvalue weighted by molar-refractivity contribution is 0.328. The normalized spacial score (nSPS) is 18.2. The molecule has 2 rings (SSSR count). The smallest absolute Gasteiger partial charge is 0.124 e. The molecule has 100 valence electrons. The number of hydrogen-bond donors (Lipinski definition) is 1. The van der Waals surface area contributed by atoms with Crippen LogP contribution in [-0.4, -0.2) is 13.6 Å². The van der Waals surface area contributed by atoms with Crippen molar-refractivity contribution in [3.8, 4) is 0 Å². The van der Waals surface area contributed by atoms with Crippen molar-refractivity contribution >= 4 is 15.9 Å². The predicted molar refractivity (Wildman–Crippen MR) is 77.2 cm³/mol. The zero-order valence-corrected chi connectivity index (χ0v) is 12.5. The Hall–Kier alpha value is -0.410. The maximum absolute atomic E-state index is 13.1. The van der Waals surface area contributed by atoms with Gasteiger partial charge >= 0.3 is 0 Å². The van der Waals surface area contributed by atoms with Crippen molar-refractivity contribution in [1.29, 1.82) is 0 Å². The molecule has 1 nitrogen and oxygen atoms in total. The molecular weight excluding hydrogens is 293 g/mol. The molecule has 1 aromatic carbocycles. The molecule has 0 radical (unpaired) electrons. The molecule has 18 heavy (non-hydrogen) atoms. The second-order valence-corrected chi connectivity index (χ2v) is 6.16. The Labute approximate surface area is 117 Å². The molecule has 1 N–H and O–H groups in total. The van der Waals surface area contributed by atoms with E-state index in [1.807, 2.05) is 13.1 Å². The van der Waals surface area contributed by atoms with Gasteiger partial charge in [-0.3, -0.25) is 0 Å². The summed E-state index contributed by atoms with van der Waals surface area (Å²) in [7, 11) is 2.02. The summed E-state index contributed by atoms with van der Waals surface area (Å²) in [4.78, 5) is 0. The summed E-state index contributed by atoms with van der Waals surface area (Å²) in [5, 5.41) is 3.31. The molecule has 0 amide bonds. The van der Waals surface area contributed by atoms with Gasteiger partial charge < -0.3 is 5.32 Å². The number of nitrogens with one attached hydrogen (secondary N) is 1. The van der Waals surface area contributed by atoms with Gasteiger partial charge in [0.25, 0.3) is 0 Å². The molecule has 0 saturated heterocycles. The predicted octanol–water partition coefficient (Wildman–Crippen LogP) is 4.16. The number of halogens is 2. The highest BCUT2D eigenvalue weighted by Crippen LogP contribution is 2.34. The Balaban J connectivity index is 2.07. The third-order valence-corrected chi connectivity index (χ3v) is 4.77. The van der Waals surface area contributed by atoms with Crippen LogP contribution in [-0.2, 0) is 6.42 Å². The van der Waals surface area contributed by atoms with Gasteiger partial charge in [0.15, 0.2) is 0 Å². The quantitative estimate of drug-likeness (QED) is 0.860. The van der Waals surface area contributed by atoms with Crippen LogP contribution in [0.5, 0.6) is 0 Å². The molecule has 1 atom stereocenters. The maximum atomic E-state index is 13.1. The average Bonchev–Trinajstić information content (AvgIpc) is 2.85. The highest BCUT2D eigenvalue weighted by Gasteiger charge is 2.25. The lowest BCUT2D eigenvalue weighted by Crippen LogP contribution is -2.26. The van der Waals surface area contributed by atoms with Gasteiger partial charge in [-0.05, 0) is 49.5 Å². The van der Waals surface area contributed by atoms with E-state index in [2.05, 4.69) is 21.2 Å². The fourth-order valence-corrected chi connectivity index (χ4v) is 3.58. The molecule has 0 aromatic heterocycles. The zero-order chi connectivity index (χ0) is 13.0. The third kappa shape index (κ3) is 3.55. The summed E-state index contributed by atoms with van der Waals surface area (Å²) in [6.07, 6.45) is 6.48. The average molecular weight is 314 g/mol. The van der Waals surface area contributed by atoms with Crippen molar-refractivity contribution in [2.45, 2.75) is 32.1 Å². The first-order valence-corrected chi connectivity index (χ1v) is 7.58. The van der Waals surface area contributed by atoms with Crippen LogP contribution < -0.4 is 5.32 Å². The van der Waals surface area contributed by atoms with E-state index in [0.717, 1.165) is 23.4 Å². The summed E-state index contributed by atoms with van der Waals surface area (Å²) in [5.74, 6) is 1.32. The van der Waals surface area contributed by atoms with Crippen molar-refractivity contribution in [3.63, 3.8) is 0 Å². The minimum absolute atomic E-state index is 0.170. The topological polar surface area (TPSA) is 12.0 Å². The van der Waals surface area contributed by atoms with Crippen molar-refractivity contribution in [3.05, 3.63) is 34.1 Å². The summed E-state index contributed by atoms with van der Waals surface area (Å²) in [6.45, 7) is 1.05. The molecule has 1 saturated carbocycles. The van der Waals surface area contributed by atoms with E-state index in [-0.39, 0.29) is 5.82 Å². The Morgan fingerprint density at radius 2 is 2.11 bits per heavy atom. The maximum Gasteiger partial charge on any atom is 0.124 e. The van der Waals surface area contributed by atoms with Gasteiger partial charge in [0.2, 0.25) is 0 Å². The lowest BCUT2D eigenvalue weighted by Gasteiger charge is -2.23. The summed E-state index contributed by atoms with van der Waals surface area (Å²) in [6, 6.07) is 5.04. The van der Waals surface area contributed by atoms with Crippen LogP contribution in [0.15, 0.2) is 22.7 Å². The van der Waals surface area contributed by atoms with Gasteiger partial charge in [-0.25, -0.2) is 4.39 Å². The van der Waals surface area contributed by atoms with Crippen LogP contribution in [0.3, 0.4) is 0 Å². The van der Waals surface area contributed by atoms with Crippen LogP contribution >= 0.6 is 15.9 Å². The Bertz CT molecular complexity index is 388. The van der Waals surface area contributed by atoms with Gasteiger partial charge in [0.05, 0.1) is 0 Å². The van der Waals surface area contributed by atoms with Crippen LogP contribution in [0.25, 0.3) is 0 Å². The minimum atomic E-state index is -0.170. The minimum Gasteiger partial charge on any atom is -0.319 e.